The van der Waals surface area contributed by atoms with Gasteiger partial charge in [-0.2, -0.15) is 11.8 Å². The summed E-state index contributed by atoms with van der Waals surface area (Å²) in [5, 5.41) is 3.11. The van der Waals surface area contributed by atoms with E-state index in [4.69, 9.17) is 4.42 Å². The molecule has 1 heterocycles. The van der Waals surface area contributed by atoms with Crippen molar-refractivity contribution in [2.24, 2.45) is 0 Å². The Morgan fingerprint density at radius 3 is 2.70 bits per heavy atom. The Balaban J connectivity index is 2.78. The second kappa shape index (κ2) is 8.07. The van der Waals surface area contributed by atoms with Gasteiger partial charge in [0.05, 0.1) is 6.54 Å². The second-order valence-corrected chi connectivity index (χ2v) is 7.60. The molecule has 1 atom stereocenters. The van der Waals surface area contributed by atoms with Crippen molar-refractivity contribution in [2.75, 3.05) is 18.1 Å². The maximum Gasteiger partial charge on any atom is 0.244 e. The minimum Gasteiger partial charge on any atom is -0.464 e. The highest BCUT2D eigenvalue weighted by molar-refractivity contribution is 7.99. The van der Waals surface area contributed by atoms with Gasteiger partial charge in [-0.25, -0.2) is 13.1 Å². The SMILES string of the molecule is CCNCc1cc(S(=O)(=O)NC(C)CSCC)c(C)o1. The Hall–Kier alpha value is -0.500. The molecule has 1 aromatic heterocycles. The first-order valence-corrected chi connectivity index (χ1v) is 9.44. The molecule has 0 radical (unpaired) electrons. The summed E-state index contributed by atoms with van der Waals surface area (Å²) in [5.74, 6) is 2.81. The van der Waals surface area contributed by atoms with Gasteiger partial charge in [-0.3, -0.25) is 0 Å². The van der Waals surface area contributed by atoms with Crippen LogP contribution in [0.1, 0.15) is 32.3 Å². The third kappa shape index (κ3) is 5.12. The van der Waals surface area contributed by atoms with E-state index >= 15 is 0 Å². The van der Waals surface area contributed by atoms with Crippen LogP contribution in [-0.4, -0.2) is 32.5 Å². The van der Waals surface area contributed by atoms with E-state index < -0.39 is 10.0 Å². The molecule has 2 N–H and O–H groups in total. The Morgan fingerprint density at radius 2 is 2.10 bits per heavy atom. The quantitative estimate of drug-likeness (QED) is 0.729. The number of hydrogen-bond donors (Lipinski definition) is 2. The molecular weight excluding hydrogens is 296 g/mol. The van der Waals surface area contributed by atoms with Crippen molar-refractivity contribution in [1.82, 2.24) is 10.0 Å². The van der Waals surface area contributed by atoms with Crippen molar-refractivity contribution in [3.63, 3.8) is 0 Å². The van der Waals surface area contributed by atoms with E-state index in [-0.39, 0.29) is 10.9 Å². The van der Waals surface area contributed by atoms with Crippen LogP contribution in [0.15, 0.2) is 15.4 Å². The van der Waals surface area contributed by atoms with Crippen molar-refractivity contribution in [3.05, 3.63) is 17.6 Å². The lowest BCUT2D eigenvalue weighted by molar-refractivity contribution is 0.460. The summed E-state index contributed by atoms with van der Waals surface area (Å²) in [6.07, 6.45) is 0. The molecule has 0 bridgehead atoms. The summed E-state index contributed by atoms with van der Waals surface area (Å²) in [7, 11) is -3.51. The normalized spacial score (nSPS) is 13.6. The van der Waals surface area contributed by atoms with Crippen LogP contribution in [0.4, 0.5) is 0 Å². The molecule has 0 spiro atoms. The van der Waals surface area contributed by atoms with Crippen molar-refractivity contribution < 1.29 is 12.8 Å². The van der Waals surface area contributed by atoms with E-state index in [1.165, 1.54) is 0 Å². The number of rotatable bonds is 9. The zero-order valence-electron chi connectivity index (χ0n) is 12.5. The molecule has 1 rings (SSSR count). The van der Waals surface area contributed by atoms with Gasteiger partial charge in [-0.1, -0.05) is 13.8 Å². The van der Waals surface area contributed by atoms with Crippen LogP contribution < -0.4 is 10.0 Å². The lowest BCUT2D eigenvalue weighted by atomic mass is 10.4. The fourth-order valence-corrected chi connectivity index (χ4v) is 4.01. The zero-order valence-corrected chi connectivity index (χ0v) is 14.2. The number of nitrogens with one attached hydrogen (secondary N) is 2. The highest BCUT2D eigenvalue weighted by Crippen LogP contribution is 2.20. The maximum absolute atomic E-state index is 12.3. The molecule has 0 aliphatic heterocycles. The van der Waals surface area contributed by atoms with Gasteiger partial charge < -0.3 is 9.73 Å². The van der Waals surface area contributed by atoms with E-state index in [1.807, 2.05) is 13.8 Å². The van der Waals surface area contributed by atoms with Crippen LogP contribution >= 0.6 is 11.8 Å². The van der Waals surface area contributed by atoms with Crippen LogP contribution in [0.3, 0.4) is 0 Å². The molecular formula is C13H24N2O3S2. The molecule has 0 aromatic carbocycles. The zero-order chi connectivity index (χ0) is 15.2. The van der Waals surface area contributed by atoms with Gasteiger partial charge in [-0.15, -0.1) is 0 Å². The molecule has 1 aromatic rings. The minimum absolute atomic E-state index is 0.100. The number of sulfonamides is 1. The van der Waals surface area contributed by atoms with E-state index in [1.54, 1.807) is 24.8 Å². The largest absolute Gasteiger partial charge is 0.464 e. The first-order valence-electron chi connectivity index (χ1n) is 6.80. The van der Waals surface area contributed by atoms with Gasteiger partial charge in [0.25, 0.3) is 0 Å². The molecule has 0 saturated carbocycles. The van der Waals surface area contributed by atoms with E-state index in [2.05, 4.69) is 17.0 Å². The molecule has 0 aliphatic rings. The number of hydrogen-bond acceptors (Lipinski definition) is 5. The predicted octanol–water partition coefficient (Wildman–Crippen LogP) is 2.12. The molecule has 0 amide bonds. The first kappa shape index (κ1) is 17.6. The smallest absolute Gasteiger partial charge is 0.244 e. The van der Waals surface area contributed by atoms with Gasteiger partial charge >= 0.3 is 0 Å². The summed E-state index contributed by atoms with van der Waals surface area (Å²) in [6.45, 7) is 8.94. The van der Waals surface area contributed by atoms with Gasteiger partial charge in [0, 0.05) is 17.9 Å². The summed E-state index contributed by atoms with van der Waals surface area (Å²) in [4.78, 5) is 0.235. The molecule has 116 valence electrons. The number of aryl methyl sites for hydroxylation is 1. The van der Waals surface area contributed by atoms with Gasteiger partial charge in [0.1, 0.15) is 16.4 Å². The standard InChI is InChI=1S/C13H24N2O3S2/c1-5-14-8-12-7-13(11(4)18-12)20(16,17)15-10(3)9-19-6-2/h7,10,14-15H,5-6,8-9H2,1-4H3. The Bertz CT molecular complexity index is 512. The molecule has 5 nitrogen and oxygen atoms in total. The lowest BCUT2D eigenvalue weighted by Crippen LogP contribution is -2.34. The van der Waals surface area contributed by atoms with Gasteiger partial charge in [0.15, 0.2) is 0 Å². The van der Waals surface area contributed by atoms with E-state index in [9.17, 15) is 8.42 Å². The highest BCUT2D eigenvalue weighted by Gasteiger charge is 2.23. The average molecular weight is 320 g/mol. The van der Waals surface area contributed by atoms with E-state index in [0.29, 0.717) is 18.1 Å². The van der Waals surface area contributed by atoms with Crippen LogP contribution in [0.5, 0.6) is 0 Å². The van der Waals surface area contributed by atoms with Gasteiger partial charge in [0.2, 0.25) is 10.0 Å². The summed E-state index contributed by atoms with van der Waals surface area (Å²) in [5.41, 5.74) is 0. The molecule has 1 unspecified atom stereocenters. The molecule has 20 heavy (non-hydrogen) atoms. The van der Waals surface area contributed by atoms with Gasteiger partial charge in [-0.05, 0) is 26.1 Å². The maximum atomic E-state index is 12.3. The van der Waals surface area contributed by atoms with Crippen molar-refractivity contribution >= 4 is 21.8 Å². The number of furan rings is 1. The van der Waals surface area contributed by atoms with E-state index in [0.717, 1.165) is 18.1 Å². The topological polar surface area (TPSA) is 71.3 Å². The van der Waals surface area contributed by atoms with Crippen molar-refractivity contribution in [1.29, 1.82) is 0 Å². The molecule has 7 heteroatoms. The molecule has 0 aliphatic carbocycles. The first-order chi connectivity index (χ1) is 9.40. The predicted molar refractivity (Wildman–Crippen MR) is 83.6 cm³/mol. The summed E-state index contributed by atoms with van der Waals surface area (Å²) >= 11 is 1.71. The van der Waals surface area contributed by atoms with Crippen LogP contribution in [-0.2, 0) is 16.6 Å². The average Bonchev–Trinajstić information content (AvgIpc) is 2.75. The Labute approximate surface area is 125 Å². The summed E-state index contributed by atoms with van der Waals surface area (Å²) in [6, 6.07) is 1.50. The van der Waals surface area contributed by atoms with Crippen LogP contribution in [0.25, 0.3) is 0 Å². The Morgan fingerprint density at radius 1 is 1.40 bits per heavy atom. The number of thioether (sulfide) groups is 1. The monoisotopic (exact) mass is 320 g/mol. The fourth-order valence-electron chi connectivity index (χ4n) is 1.78. The van der Waals surface area contributed by atoms with Crippen molar-refractivity contribution in [3.8, 4) is 0 Å². The summed E-state index contributed by atoms with van der Waals surface area (Å²) < 4.78 is 32.8. The van der Waals surface area contributed by atoms with Crippen molar-refractivity contribution in [2.45, 2.75) is 45.2 Å². The van der Waals surface area contributed by atoms with Crippen LogP contribution in [0, 0.1) is 6.92 Å². The molecule has 0 fully saturated rings. The lowest BCUT2D eigenvalue weighted by Gasteiger charge is -2.12. The third-order valence-corrected chi connectivity index (χ3v) is 5.53. The second-order valence-electron chi connectivity index (χ2n) is 4.60. The highest BCUT2D eigenvalue weighted by atomic mass is 32.2. The third-order valence-electron chi connectivity index (χ3n) is 2.69. The minimum atomic E-state index is -3.51. The fraction of sp³-hybridized carbons (Fsp3) is 0.692. The molecule has 0 saturated heterocycles. The Kier molecular flexibility index (Phi) is 7.08. The van der Waals surface area contributed by atoms with Crippen LogP contribution in [0.2, 0.25) is 0 Å².